The summed E-state index contributed by atoms with van der Waals surface area (Å²) in [7, 11) is 0. The van der Waals surface area contributed by atoms with E-state index in [2.05, 4.69) is 41.2 Å². The second-order valence-corrected chi connectivity index (χ2v) is 5.10. The van der Waals surface area contributed by atoms with Gasteiger partial charge in [-0.3, -0.25) is 0 Å². The minimum absolute atomic E-state index is 0.158. The third-order valence-corrected chi connectivity index (χ3v) is 3.57. The molecule has 1 aromatic carbocycles. The first-order chi connectivity index (χ1) is 8.35. The largest absolute Gasteiger partial charge is 0.348 e. The van der Waals surface area contributed by atoms with E-state index in [-0.39, 0.29) is 5.92 Å². The number of H-pyrrole nitrogens is 1. The van der Waals surface area contributed by atoms with Crippen LogP contribution in [0.25, 0.3) is 0 Å². The Labute approximate surface area is 106 Å². The van der Waals surface area contributed by atoms with E-state index in [9.17, 15) is 0 Å². The SMILES string of the molecule is CCSc1ccc(C(CN)c2ncc[nH]2)cc1. The minimum Gasteiger partial charge on any atom is -0.348 e. The normalized spacial score (nSPS) is 12.6. The average molecular weight is 247 g/mol. The Morgan fingerprint density at radius 2 is 2.12 bits per heavy atom. The van der Waals surface area contributed by atoms with Crippen LogP contribution in [0.2, 0.25) is 0 Å². The number of aromatic nitrogens is 2. The summed E-state index contributed by atoms with van der Waals surface area (Å²) in [5.74, 6) is 2.19. The summed E-state index contributed by atoms with van der Waals surface area (Å²) in [6, 6.07) is 8.57. The monoisotopic (exact) mass is 247 g/mol. The van der Waals surface area contributed by atoms with Crippen molar-refractivity contribution in [2.24, 2.45) is 5.73 Å². The lowest BCUT2D eigenvalue weighted by molar-refractivity contribution is 0.764. The van der Waals surface area contributed by atoms with Crippen molar-refractivity contribution in [2.75, 3.05) is 12.3 Å². The molecule has 1 heterocycles. The molecule has 0 radical (unpaired) electrons. The van der Waals surface area contributed by atoms with Gasteiger partial charge in [0, 0.05) is 23.8 Å². The van der Waals surface area contributed by atoms with Gasteiger partial charge >= 0.3 is 0 Å². The van der Waals surface area contributed by atoms with Crippen LogP contribution in [0.15, 0.2) is 41.6 Å². The smallest absolute Gasteiger partial charge is 0.114 e. The van der Waals surface area contributed by atoms with Crippen molar-refractivity contribution in [3.8, 4) is 0 Å². The Hall–Kier alpha value is -1.26. The molecule has 0 bridgehead atoms. The first-order valence-electron chi connectivity index (χ1n) is 5.77. The molecule has 1 unspecified atom stereocenters. The maximum absolute atomic E-state index is 5.83. The van der Waals surface area contributed by atoms with Crippen LogP contribution < -0.4 is 5.73 Å². The number of nitrogens with two attached hydrogens (primary N) is 1. The molecule has 0 aliphatic heterocycles. The lowest BCUT2D eigenvalue weighted by atomic mass is 9.99. The fourth-order valence-electron chi connectivity index (χ4n) is 1.84. The van der Waals surface area contributed by atoms with Crippen LogP contribution in [0.3, 0.4) is 0 Å². The van der Waals surface area contributed by atoms with Gasteiger partial charge in [0.1, 0.15) is 5.82 Å². The summed E-state index contributed by atoms with van der Waals surface area (Å²) in [5, 5.41) is 0. The van der Waals surface area contributed by atoms with Crippen LogP contribution in [-0.2, 0) is 0 Å². The number of benzene rings is 1. The van der Waals surface area contributed by atoms with Crippen molar-refractivity contribution >= 4 is 11.8 Å². The molecule has 1 atom stereocenters. The molecule has 0 amide bonds. The number of nitrogens with one attached hydrogen (secondary N) is 1. The van der Waals surface area contributed by atoms with Gasteiger partial charge in [-0.05, 0) is 23.4 Å². The predicted octanol–water partition coefficient (Wildman–Crippen LogP) is 2.61. The molecule has 2 rings (SSSR count). The molecular formula is C13H17N3S. The zero-order valence-corrected chi connectivity index (χ0v) is 10.7. The molecule has 0 saturated heterocycles. The summed E-state index contributed by atoms with van der Waals surface area (Å²) in [6.07, 6.45) is 3.60. The molecule has 0 aliphatic carbocycles. The summed E-state index contributed by atoms with van der Waals surface area (Å²) < 4.78 is 0. The molecule has 0 fully saturated rings. The van der Waals surface area contributed by atoms with Crippen molar-refractivity contribution in [1.29, 1.82) is 0 Å². The van der Waals surface area contributed by atoms with Gasteiger partial charge in [0.25, 0.3) is 0 Å². The maximum atomic E-state index is 5.83. The lowest BCUT2D eigenvalue weighted by Gasteiger charge is -2.13. The molecule has 3 N–H and O–H groups in total. The van der Waals surface area contributed by atoms with E-state index in [0.717, 1.165) is 11.6 Å². The highest BCUT2D eigenvalue weighted by molar-refractivity contribution is 7.99. The van der Waals surface area contributed by atoms with Gasteiger partial charge in [0.15, 0.2) is 0 Å². The van der Waals surface area contributed by atoms with E-state index in [0.29, 0.717) is 6.54 Å². The third kappa shape index (κ3) is 2.90. The summed E-state index contributed by atoms with van der Waals surface area (Å²) in [6.45, 7) is 2.72. The highest BCUT2D eigenvalue weighted by atomic mass is 32.2. The standard InChI is InChI=1S/C13H17N3S/c1-2-17-11-5-3-10(4-6-11)12(9-14)13-15-7-8-16-13/h3-8,12H,2,9,14H2,1H3,(H,15,16). The Kier molecular flexibility index (Phi) is 4.23. The van der Waals surface area contributed by atoms with E-state index in [1.54, 1.807) is 6.20 Å². The summed E-state index contributed by atoms with van der Waals surface area (Å²) >= 11 is 1.85. The molecule has 1 aromatic heterocycles. The van der Waals surface area contributed by atoms with Crippen LogP contribution in [0.5, 0.6) is 0 Å². The van der Waals surface area contributed by atoms with Crippen molar-refractivity contribution in [2.45, 2.75) is 17.7 Å². The molecule has 4 heteroatoms. The molecule has 3 nitrogen and oxygen atoms in total. The average Bonchev–Trinajstić information content (AvgIpc) is 2.86. The number of thioether (sulfide) groups is 1. The predicted molar refractivity (Wildman–Crippen MR) is 72.3 cm³/mol. The van der Waals surface area contributed by atoms with Crippen molar-refractivity contribution in [3.63, 3.8) is 0 Å². The zero-order chi connectivity index (χ0) is 12.1. The quantitative estimate of drug-likeness (QED) is 0.799. The molecule has 0 saturated carbocycles. The molecule has 0 spiro atoms. The molecule has 90 valence electrons. The van der Waals surface area contributed by atoms with E-state index < -0.39 is 0 Å². The third-order valence-electron chi connectivity index (χ3n) is 2.68. The fourth-order valence-corrected chi connectivity index (χ4v) is 2.50. The fraction of sp³-hybridized carbons (Fsp3) is 0.308. The Balaban J connectivity index is 2.20. The van der Waals surface area contributed by atoms with E-state index in [1.807, 2.05) is 18.0 Å². The number of hydrogen-bond donors (Lipinski definition) is 2. The second-order valence-electron chi connectivity index (χ2n) is 3.76. The van der Waals surface area contributed by atoms with E-state index in [4.69, 9.17) is 5.73 Å². The van der Waals surface area contributed by atoms with Crippen molar-refractivity contribution in [1.82, 2.24) is 9.97 Å². The van der Waals surface area contributed by atoms with Crippen LogP contribution in [0, 0.1) is 0 Å². The van der Waals surface area contributed by atoms with Crippen LogP contribution in [0.1, 0.15) is 24.2 Å². The lowest BCUT2D eigenvalue weighted by Crippen LogP contribution is -2.15. The number of imidazole rings is 1. The number of rotatable bonds is 5. The van der Waals surface area contributed by atoms with Crippen LogP contribution >= 0.6 is 11.8 Å². The van der Waals surface area contributed by atoms with Crippen LogP contribution in [-0.4, -0.2) is 22.3 Å². The highest BCUT2D eigenvalue weighted by Gasteiger charge is 2.14. The number of nitrogens with zero attached hydrogens (tertiary/aromatic N) is 1. The van der Waals surface area contributed by atoms with Gasteiger partial charge in [0.05, 0.1) is 5.92 Å². The maximum Gasteiger partial charge on any atom is 0.114 e. The van der Waals surface area contributed by atoms with Gasteiger partial charge in [-0.1, -0.05) is 19.1 Å². The summed E-state index contributed by atoms with van der Waals surface area (Å²) in [5.41, 5.74) is 7.04. The molecular weight excluding hydrogens is 230 g/mol. The Bertz CT molecular complexity index is 436. The Morgan fingerprint density at radius 3 is 2.65 bits per heavy atom. The number of hydrogen-bond acceptors (Lipinski definition) is 3. The van der Waals surface area contributed by atoms with Gasteiger partial charge in [-0.2, -0.15) is 0 Å². The molecule has 2 aromatic rings. The molecule has 17 heavy (non-hydrogen) atoms. The first-order valence-corrected chi connectivity index (χ1v) is 6.75. The molecule has 0 aliphatic rings. The minimum atomic E-state index is 0.158. The van der Waals surface area contributed by atoms with E-state index in [1.165, 1.54) is 10.5 Å². The summed E-state index contributed by atoms with van der Waals surface area (Å²) in [4.78, 5) is 8.71. The first kappa shape index (κ1) is 12.2. The zero-order valence-electron chi connectivity index (χ0n) is 9.89. The Morgan fingerprint density at radius 1 is 1.35 bits per heavy atom. The van der Waals surface area contributed by atoms with Crippen LogP contribution in [0.4, 0.5) is 0 Å². The second kappa shape index (κ2) is 5.89. The highest BCUT2D eigenvalue weighted by Crippen LogP contribution is 2.24. The van der Waals surface area contributed by atoms with Gasteiger partial charge < -0.3 is 10.7 Å². The van der Waals surface area contributed by atoms with Crippen molar-refractivity contribution < 1.29 is 0 Å². The van der Waals surface area contributed by atoms with E-state index >= 15 is 0 Å². The van der Waals surface area contributed by atoms with Gasteiger partial charge in [-0.15, -0.1) is 11.8 Å². The van der Waals surface area contributed by atoms with Gasteiger partial charge in [-0.25, -0.2) is 4.98 Å². The van der Waals surface area contributed by atoms with Gasteiger partial charge in [0.2, 0.25) is 0 Å². The number of aromatic amines is 1. The topological polar surface area (TPSA) is 54.7 Å². The van der Waals surface area contributed by atoms with Crippen molar-refractivity contribution in [3.05, 3.63) is 48.0 Å².